The van der Waals surface area contributed by atoms with Gasteiger partial charge in [-0.15, -0.1) is 0 Å². The highest BCUT2D eigenvalue weighted by Crippen LogP contribution is 2.28. The Morgan fingerprint density at radius 2 is 1.96 bits per heavy atom. The second-order valence-electron chi connectivity index (χ2n) is 5.28. The van der Waals surface area contributed by atoms with E-state index in [1.807, 2.05) is 30.3 Å². The quantitative estimate of drug-likeness (QED) is 0.736. The summed E-state index contributed by atoms with van der Waals surface area (Å²) in [7, 11) is 0. The summed E-state index contributed by atoms with van der Waals surface area (Å²) in [5.74, 6) is 0.0342. The molecular weight excluding hydrogens is 304 g/mol. The van der Waals surface area contributed by atoms with Crippen LogP contribution in [0.1, 0.15) is 12.0 Å². The third-order valence-electron chi connectivity index (χ3n) is 3.58. The lowest BCUT2D eigenvalue weighted by Crippen LogP contribution is -2.11. The van der Waals surface area contributed by atoms with Gasteiger partial charge in [0.05, 0.1) is 11.4 Å². The number of aryl methyl sites for hydroxylation is 1. The van der Waals surface area contributed by atoms with Crippen LogP contribution < -0.4 is 11.5 Å². The van der Waals surface area contributed by atoms with E-state index in [1.54, 1.807) is 12.3 Å². The number of nitrogens with two attached hydrogens (primary N) is 2. The maximum absolute atomic E-state index is 11.2. The highest BCUT2D eigenvalue weighted by molar-refractivity contribution is 5.76. The molecule has 0 fully saturated rings. The van der Waals surface area contributed by atoms with Crippen LogP contribution in [-0.4, -0.2) is 26.1 Å². The van der Waals surface area contributed by atoms with Crippen molar-refractivity contribution in [2.24, 2.45) is 5.73 Å². The topological polar surface area (TPSA) is 121 Å². The summed E-state index contributed by atoms with van der Waals surface area (Å²) >= 11 is 0. The second-order valence-corrected chi connectivity index (χ2v) is 5.28. The maximum Gasteiger partial charge on any atom is 0.217 e. The third kappa shape index (κ3) is 3.52. The molecule has 24 heavy (non-hydrogen) atoms. The number of nitrogen functional groups attached to an aromatic ring is 1. The van der Waals surface area contributed by atoms with Crippen molar-refractivity contribution in [2.75, 3.05) is 5.73 Å². The minimum atomic E-state index is -0.354. The Labute approximate surface area is 138 Å². The molecule has 1 aromatic carbocycles. The average molecular weight is 320 g/mol. The first-order chi connectivity index (χ1) is 11.6. The maximum atomic E-state index is 11.2. The number of amides is 1. The van der Waals surface area contributed by atoms with Crippen LogP contribution in [0.15, 0.2) is 48.9 Å². The van der Waals surface area contributed by atoms with E-state index in [0.29, 0.717) is 17.9 Å². The second kappa shape index (κ2) is 6.82. The molecule has 3 aromatic rings. The van der Waals surface area contributed by atoms with Gasteiger partial charge < -0.3 is 11.5 Å². The van der Waals surface area contributed by atoms with E-state index in [0.717, 1.165) is 22.4 Å². The molecule has 3 rings (SSSR count). The fraction of sp³-hybridized carbons (Fsp3) is 0.118. The summed E-state index contributed by atoms with van der Waals surface area (Å²) in [4.78, 5) is 19.4. The number of carbonyl (C=O) groups excluding carboxylic acids is 1. The van der Waals surface area contributed by atoms with Gasteiger partial charge in [-0.25, -0.2) is 9.97 Å². The minimum absolute atomic E-state index is 0.248. The van der Waals surface area contributed by atoms with Gasteiger partial charge in [-0.3, -0.25) is 4.79 Å². The molecule has 0 aliphatic carbocycles. The monoisotopic (exact) mass is 320 g/mol. The van der Waals surface area contributed by atoms with Crippen LogP contribution in [0.5, 0.6) is 0 Å². The van der Waals surface area contributed by atoms with Gasteiger partial charge in [-0.2, -0.15) is 10.2 Å². The molecule has 0 unspecified atom stereocenters. The lowest BCUT2D eigenvalue weighted by atomic mass is 9.96. The Bertz CT molecular complexity index is 866. The normalized spacial score (nSPS) is 10.5. The standard InChI is InChI=1S/C17H16N6O/c18-16-9-15(20-10-21-16)13-5-3-12(14-2-1-7-22-23-14)8-11(13)4-6-17(19)24/h1-3,5,7-10H,4,6H2,(H2,19,24)(H2,18,20,21). The molecule has 0 aliphatic heterocycles. The number of hydrogen-bond acceptors (Lipinski definition) is 6. The van der Waals surface area contributed by atoms with Crippen molar-refractivity contribution in [1.29, 1.82) is 0 Å². The molecule has 0 aliphatic rings. The number of rotatable bonds is 5. The molecule has 2 aromatic heterocycles. The van der Waals surface area contributed by atoms with Crippen LogP contribution >= 0.6 is 0 Å². The summed E-state index contributed by atoms with van der Waals surface area (Å²) in [6, 6.07) is 11.2. The van der Waals surface area contributed by atoms with Crippen molar-refractivity contribution in [1.82, 2.24) is 20.2 Å². The molecule has 7 heteroatoms. The highest BCUT2D eigenvalue weighted by Gasteiger charge is 2.11. The Hall–Kier alpha value is -3.35. The summed E-state index contributed by atoms with van der Waals surface area (Å²) in [6.07, 6.45) is 3.79. The van der Waals surface area contributed by atoms with E-state index in [1.165, 1.54) is 6.33 Å². The number of aromatic nitrogens is 4. The van der Waals surface area contributed by atoms with E-state index in [4.69, 9.17) is 11.5 Å². The summed E-state index contributed by atoms with van der Waals surface area (Å²) in [6.45, 7) is 0. The molecule has 7 nitrogen and oxygen atoms in total. The molecular formula is C17H16N6O. The molecule has 0 radical (unpaired) electrons. The highest BCUT2D eigenvalue weighted by atomic mass is 16.1. The van der Waals surface area contributed by atoms with Crippen molar-refractivity contribution in [3.05, 3.63) is 54.5 Å². The van der Waals surface area contributed by atoms with Gasteiger partial charge in [0.1, 0.15) is 12.1 Å². The Kier molecular flexibility index (Phi) is 4.42. The number of nitrogens with zero attached hydrogens (tertiary/aromatic N) is 4. The van der Waals surface area contributed by atoms with Gasteiger partial charge in [0.15, 0.2) is 0 Å². The Morgan fingerprint density at radius 1 is 1.08 bits per heavy atom. The van der Waals surface area contributed by atoms with Gasteiger partial charge in [0.2, 0.25) is 5.91 Å². The van der Waals surface area contributed by atoms with Crippen LogP contribution in [0.25, 0.3) is 22.5 Å². The predicted molar refractivity (Wildman–Crippen MR) is 90.4 cm³/mol. The summed E-state index contributed by atoms with van der Waals surface area (Å²) in [5.41, 5.74) is 15.2. The molecule has 0 saturated carbocycles. The third-order valence-corrected chi connectivity index (χ3v) is 3.58. The molecule has 2 heterocycles. The molecule has 0 atom stereocenters. The first-order valence-corrected chi connectivity index (χ1v) is 7.40. The van der Waals surface area contributed by atoms with Crippen molar-refractivity contribution >= 4 is 11.7 Å². The smallest absolute Gasteiger partial charge is 0.217 e. The van der Waals surface area contributed by atoms with Crippen molar-refractivity contribution < 1.29 is 4.79 Å². The van der Waals surface area contributed by atoms with Crippen LogP contribution in [0, 0.1) is 0 Å². The van der Waals surface area contributed by atoms with Crippen LogP contribution in [0.3, 0.4) is 0 Å². The van der Waals surface area contributed by atoms with Crippen LogP contribution in [0.2, 0.25) is 0 Å². The molecule has 0 spiro atoms. The van der Waals surface area contributed by atoms with Crippen molar-refractivity contribution in [3.63, 3.8) is 0 Å². The summed E-state index contributed by atoms with van der Waals surface area (Å²) < 4.78 is 0. The zero-order valence-electron chi connectivity index (χ0n) is 12.9. The fourth-order valence-corrected chi connectivity index (χ4v) is 2.44. The molecule has 120 valence electrons. The number of anilines is 1. The first kappa shape index (κ1) is 15.5. The van der Waals surface area contributed by atoms with E-state index >= 15 is 0 Å². The van der Waals surface area contributed by atoms with Gasteiger partial charge in [-0.1, -0.05) is 12.1 Å². The predicted octanol–water partition coefficient (Wildman–Crippen LogP) is 1.60. The van der Waals surface area contributed by atoms with Gasteiger partial charge in [-0.05, 0) is 30.2 Å². The molecule has 1 amide bonds. The van der Waals surface area contributed by atoms with Gasteiger partial charge >= 0.3 is 0 Å². The Morgan fingerprint density at radius 3 is 2.67 bits per heavy atom. The first-order valence-electron chi connectivity index (χ1n) is 7.40. The van der Waals surface area contributed by atoms with Crippen molar-refractivity contribution in [2.45, 2.75) is 12.8 Å². The number of primary amides is 1. The van der Waals surface area contributed by atoms with E-state index in [2.05, 4.69) is 20.2 Å². The van der Waals surface area contributed by atoms with Gasteiger partial charge in [0.25, 0.3) is 0 Å². The Balaban J connectivity index is 2.06. The van der Waals surface area contributed by atoms with Crippen molar-refractivity contribution in [3.8, 4) is 22.5 Å². The lowest BCUT2D eigenvalue weighted by molar-refractivity contribution is -0.117. The number of hydrogen-bond donors (Lipinski definition) is 2. The lowest BCUT2D eigenvalue weighted by Gasteiger charge is -2.11. The molecule has 0 bridgehead atoms. The van der Waals surface area contributed by atoms with Crippen LogP contribution in [0.4, 0.5) is 5.82 Å². The number of carbonyl (C=O) groups is 1. The fourth-order valence-electron chi connectivity index (χ4n) is 2.44. The summed E-state index contributed by atoms with van der Waals surface area (Å²) in [5, 5.41) is 8.01. The number of benzene rings is 1. The van der Waals surface area contributed by atoms with E-state index in [9.17, 15) is 4.79 Å². The zero-order chi connectivity index (χ0) is 16.9. The van der Waals surface area contributed by atoms with Gasteiger partial charge in [0, 0.05) is 29.8 Å². The SMILES string of the molecule is NC(=O)CCc1cc(-c2cccnn2)ccc1-c1cc(N)ncn1. The molecule has 0 saturated heterocycles. The average Bonchev–Trinajstić information content (AvgIpc) is 2.60. The van der Waals surface area contributed by atoms with E-state index in [-0.39, 0.29) is 12.3 Å². The van der Waals surface area contributed by atoms with E-state index < -0.39 is 0 Å². The molecule has 4 N–H and O–H groups in total. The largest absolute Gasteiger partial charge is 0.384 e. The zero-order valence-corrected chi connectivity index (χ0v) is 12.9. The minimum Gasteiger partial charge on any atom is -0.384 e. The van der Waals surface area contributed by atoms with Crippen LogP contribution in [-0.2, 0) is 11.2 Å².